The molecule has 126 valence electrons. The maximum Gasteiger partial charge on any atom is 0.416 e. The summed E-state index contributed by atoms with van der Waals surface area (Å²) in [6, 6.07) is -0.692. The van der Waals surface area contributed by atoms with Crippen molar-refractivity contribution in [3.63, 3.8) is 0 Å². The number of aliphatic hydroxyl groups excluding tert-OH is 3. The van der Waals surface area contributed by atoms with Gasteiger partial charge in [0.15, 0.2) is 5.17 Å². The summed E-state index contributed by atoms with van der Waals surface area (Å²) in [5.41, 5.74) is -1.19. The van der Waals surface area contributed by atoms with Crippen molar-refractivity contribution in [3.8, 4) is 0 Å². The number of rotatable bonds is 1. The van der Waals surface area contributed by atoms with E-state index in [4.69, 9.17) is 14.6 Å². The summed E-state index contributed by atoms with van der Waals surface area (Å²) in [6.45, 7) is 4.88. The molecule has 0 bridgehead atoms. The normalized spacial score (nSPS) is 34.9. The van der Waals surface area contributed by atoms with Crippen LogP contribution in [0.3, 0.4) is 0 Å². The molecule has 2 aliphatic heterocycles. The number of carbonyl (C=O) groups is 1. The minimum atomic E-state index is -1.22. The van der Waals surface area contributed by atoms with Gasteiger partial charge in [-0.05, 0) is 20.8 Å². The summed E-state index contributed by atoms with van der Waals surface area (Å²) >= 11 is 1.15. The first-order valence-electron chi connectivity index (χ1n) is 6.97. The quantitative estimate of drug-likeness (QED) is 0.607. The summed E-state index contributed by atoms with van der Waals surface area (Å²) in [5.74, 6) is 0. The van der Waals surface area contributed by atoms with Crippen molar-refractivity contribution in [2.24, 2.45) is 4.99 Å². The van der Waals surface area contributed by atoms with Crippen molar-refractivity contribution in [2.75, 3.05) is 13.7 Å². The molecule has 3 N–H and O–H groups in total. The fraction of sp³-hybridized carbons (Fsp3) is 0.846. The van der Waals surface area contributed by atoms with Crippen LogP contribution in [0.4, 0.5) is 4.79 Å². The zero-order chi connectivity index (χ0) is 16.7. The molecule has 0 aromatic carbocycles. The largest absolute Gasteiger partial charge is 0.443 e. The molecule has 5 unspecified atom stereocenters. The molecule has 2 heterocycles. The van der Waals surface area contributed by atoms with E-state index in [1.807, 2.05) is 0 Å². The third kappa shape index (κ3) is 3.54. The average Bonchev–Trinajstić information content (AvgIpc) is 2.84. The Morgan fingerprint density at radius 2 is 2.05 bits per heavy atom. The maximum absolute atomic E-state index is 12.0. The number of aliphatic hydroxyl groups is 3. The van der Waals surface area contributed by atoms with Crippen LogP contribution in [0, 0.1) is 0 Å². The first-order valence-corrected chi connectivity index (χ1v) is 7.85. The van der Waals surface area contributed by atoms with Crippen LogP contribution >= 0.6 is 11.8 Å². The van der Waals surface area contributed by atoms with Gasteiger partial charge in [-0.25, -0.2) is 4.79 Å². The lowest BCUT2D eigenvalue weighted by atomic mass is 9.99. The molecular formula is C13H22N2O6S. The molecule has 0 aromatic rings. The number of hydrogen-bond donors (Lipinski definition) is 3. The van der Waals surface area contributed by atoms with Crippen molar-refractivity contribution < 1.29 is 29.6 Å². The van der Waals surface area contributed by atoms with Gasteiger partial charge in [0, 0.05) is 7.05 Å². The van der Waals surface area contributed by atoms with Crippen LogP contribution in [0.1, 0.15) is 20.8 Å². The Hall–Kier alpha value is -0.870. The number of ether oxygens (including phenoxy) is 2. The highest BCUT2D eigenvalue weighted by atomic mass is 32.2. The predicted octanol–water partition coefficient (Wildman–Crippen LogP) is -0.236. The Bertz CT molecular complexity index is 466. The highest BCUT2D eigenvalue weighted by molar-refractivity contribution is 8.14. The zero-order valence-corrected chi connectivity index (χ0v) is 13.8. The molecule has 0 spiro atoms. The number of carbonyl (C=O) groups excluding carboxylic acids is 1. The molecule has 9 heteroatoms. The second-order valence-electron chi connectivity index (χ2n) is 6.27. The molecule has 2 rings (SSSR count). The van der Waals surface area contributed by atoms with Crippen molar-refractivity contribution in [3.05, 3.63) is 0 Å². The number of nitrogens with zero attached hydrogens (tertiary/aromatic N) is 2. The van der Waals surface area contributed by atoms with Gasteiger partial charge in [-0.2, -0.15) is 0 Å². The topological polar surface area (TPSA) is 112 Å². The summed E-state index contributed by atoms with van der Waals surface area (Å²) in [4.78, 5) is 17.5. The monoisotopic (exact) mass is 334 g/mol. The Morgan fingerprint density at radius 1 is 1.41 bits per heavy atom. The van der Waals surface area contributed by atoms with Gasteiger partial charge in [0.25, 0.3) is 0 Å². The van der Waals surface area contributed by atoms with E-state index in [0.717, 1.165) is 11.8 Å². The SMILES string of the molecule is CN(C(=O)OC(C)(C)C)C1=NC2C(OC(CO)C(O)C2O)S1. The lowest BCUT2D eigenvalue weighted by molar-refractivity contribution is -0.164. The molecule has 1 saturated heterocycles. The zero-order valence-electron chi connectivity index (χ0n) is 13.0. The predicted molar refractivity (Wildman–Crippen MR) is 80.6 cm³/mol. The third-order valence-corrected chi connectivity index (χ3v) is 4.50. The Morgan fingerprint density at radius 3 is 2.59 bits per heavy atom. The van der Waals surface area contributed by atoms with Crippen LogP contribution in [0.5, 0.6) is 0 Å². The molecule has 22 heavy (non-hydrogen) atoms. The van der Waals surface area contributed by atoms with E-state index in [2.05, 4.69) is 4.99 Å². The molecule has 0 radical (unpaired) electrons. The second kappa shape index (κ2) is 6.32. The Kier molecular flexibility index (Phi) is 5.03. The number of fused-ring (bicyclic) bond motifs is 1. The summed E-state index contributed by atoms with van der Waals surface area (Å²) in [7, 11) is 1.52. The van der Waals surface area contributed by atoms with Crippen molar-refractivity contribution in [2.45, 2.75) is 56.2 Å². The van der Waals surface area contributed by atoms with Gasteiger partial charge >= 0.3 is 6.09 Å². The number of amidine groups is 1. The van der Waals surface area contributed by atoms with E-state index in [0.29, 0.717) is 5.17 Å². The fourth-order valence-electron chi connectivity index (χ4n) is 2.14. The van der Waals surface area contributed by atoms with Crippen molar-refractivity contribution in [1.82, 2.24) is 4.90 Å². The third-order valence-electron chi connectivity index (χ3n) is 3.28. The van der Waals surface area contributed by atoms with E-state index in [1.165, 1.54) is 11.9 Å². The lowest BCUT2D eigenvalue weighted by Crippen LogP contribution is -2.55. The second-order valence-corrected chi connectivity index (χ2v) is 7.33. The van der Waals surface area contributed by atoms with Gasteiger partial charge < -0.3 is 24.8 Å². The molecule has 0 aromatic heterocycles. The summed E-state index contributed by atoms with van der Waals surface area (Å²) in [6.07, 6.45) is -3.81. The maximum atomic E-state index is 12.0. The molecule has 2 aliphatic rings. The molecule has 1 amide bonds. The van der Waals surface area contributed by atoms with Gasteiger partial charge in [-0.1, -0.05) is 11.8 Å². The van der Waals surface area contributed by atoms with Gasteiger partial charge in [-0.3, -0.25) is 9.89 Å². The minimum absolute atomic E-state index is 0.342. The molecular weight excluding hydrogens is 312 g/mol. The van der Waals surface area contributed by atoms with Crippen LogP contribution < -0.4 is 0 Å². The minimum Gasteiger partial charge on any atom is -0.443 e. The van der Waals surface area contributed by atoms with Crippen LogP contribution in [0.15, 0.2) is 4.99 Å². The molecule has 1 fully saturated rings. The summed E-state index contributed by atoms with van der Waals surface area (Å²) in [5, 5.41) is 29.4. The average molecular weight is 334 g/mol. The fourth-order valence-corrected chi connectivity index (χ4v) is 3.32. The van der Waals surface area contributed by atoms with Crippen LogP contribution in [-0.2, 0) is 9.47 Å². The highest BCUT2D eigenvalue weighted by Gasteiger charge is 2.49. The standard InChI is InChI=1S/C13H22N2O6S/c1-13(2,3)21-12(19)15(4)11-14-7-9(18)8(17)6(5-16)20-10(7)22-11/h6-10,16-18H,5H2,1-4H3. The number of amides is 1. The summed E-state index contributed by atoms with van der Waals surface area (Å²) < 4.78 is 10.8. The Balaban J connectivity index is 2.08. The van der Waals surface area contributed by atoms with Gasteiger partial charge in [0.2, 0.25) is 0 Å². The van der Waals surface area contributed by atoms with Gasteiger partial charge in [0.05, 0.1) is 6.61 Å². The number of hydrogen-bond acceptors (Lipinski definition) is 8. The smallest absolute Gasteiger partial charge is 0.416 e. The molecule has 0 saturated carbocycles. The van der Waals surface area contributed by atoms with Crippen molar-refractivity contribution >= 4 is 23.0 Å². The van der Waals surface area contributed by atoms with Crippen LogP contribution in [-0.4, -0.2) is 80.5 Å². The van der Waals surface area contributed by atoms with E-state index in [1.54, 1.807) is 20.8 Å². The van der Waals surface area contributed by atoms with E-state index in [9.17, 15) is 15.0 Å². The van der Waals surface area contributed by atoms with Crippen molar-refractivity contribution in [1.29, 1.82) is 0 Å². The van der Waals surface area contributed by atoms with Gasteiger partial charge in [0.1, 0.15) is 35.4 Å². The molecule has 8 nitrogen and oxygen atoms in total. The Labute approximate surface area is 133 Å². The van der Waals surface area contributed by atoms with E-state index in [-0.39, 0.29) is 0 Å². The lowest BCUT2D eigenvalue weighted by Gasteiger charge is -2.37. The first kappa shape index (κ1) is 17.5. The van der Waals surface area contributed by atoms with E-state index < -0.39 is 48.1 Å². The van der Waals surface area contributed by atoms with Crippen LogP contribution in [0.25, 0.3) is 0 Å². The van der Waals surface area contributed by atoms with Crippen LogP contribution in [0.2, 0.25) is 0 Å². The first-order chi connectivity index (χ1) is 10.1. The van der Waals surface area contributed by atoms with Gasteiger partial charge in [-0.15, -0.1) is 0 Å². The molecule has 5 atom stereocenters. The van der Waals surface area contributed by atoms with E-state index >= 15 is 0 Å². The molecule has 0 aliphatic carbocycles. The number of thioether (sulfide) groups is 1. The number of aliphatic imine (C=N–C) groups is 1. The highest BCUT2D eigenvalue weighted by Crippen LogP contribution is 2.37.